The monoisotopic (exact) mass is 630 g/mol. The van der Waals surface area contributed by atoms with Gasteiger partial charge < -0.3 is 0 Å². The maximum atomic E-state index is 3.73. The molecule has 0 aliphatic carbocycles. The van der Waals surface area contributed by atoms with Gasteiger partial charge in [-0.3, -0.25) is 0 Å². The first-order valence-electron chi connectivity index (χ1n) is 12.8. The van der Waals surface area contributed by atoms with Crippen molar-refractivity contribution in [2.75, 3.05) is 0 Å². The minimum atomic E-state index is 1.17. The Balaban J connectivity index is 1.33. The molecule has 5 rings (SSSR count). The number of rotatable bonds is 12. The van der Waals surface area contributed by atoms with Crippen LogP contribution in [-0.4, -0.2) is 0 Å². The standard InChI is InChI=1S/C30H31BrS5/c1-3-5-7-9-20-17-18-32-29(20)26-15-13-24(34-26)22-11-12-23(33-22)25-14-16-27(35-25)30-21(10-8-6-4-2)19-28(31)36-30/h11-19H,3-10H2,1-2H3. The van der Waals surface area contributed by atoms with Gasteiger partial charge in [-0.05, 0) is 107 Å². The molecule has 0 amide bonds. The normalized spacial score (nSPS) is 11.5. The molecule has 0 bridgehead atoms. The van der Waals surface area contributed by atoms with Gasteiger partial charge in [0.1, 0.15) is 0 Å². The minimum absolute atomic E-state index is 1.17. The molecule has 5 aromatic rings. The number of halogens is 1. The minimum Gasteiger partial charge on any atom is -0.143 e. The molecule has 0 spiro atoms. The van der Waals surface area contributed by atoms with E-state index in [1.165, 1.54) is 105 Å². The van der Waals surface area contributed by atoms with Crippen molar-refractivity contribution in [2.24, 2.45) is 0 Å². The molecule has 0 aliphatic heterocycles. The van der Waals surface area contributed by atoms with Gasteiger partial charge in [0, 0.05) is 39.0 Å². The van der Waals surface area contributed by atoms with Crippen LogP contribution in [0.15, 0.2) is 57.7 Å². The lowest BCUT2D eigenvalue weighted by molar-refractivity contribution is 0.719. The van der Waals surface area contributed by atoms with Crippen LogP contribution in [0.3, 0.4) is 0 Å². The molecule has 6 heteroatoms. The summed E-state index contributed by atoms with van der Waals surface area (Å²) in [5.74, 6) is 0. The second-order valence-corrected chi connectivity index (χ2v) is 15.7. The first kappa shape index (κ1) is 26.6. The average molecular weight is 632 g/mol. The molecular weight excluding hydrogens is 601 g/mol. The third-order valence-corrected chi connectivity index (χ3v) is 13.0. The molecule has 5 heterocycles. The first-order chi connectivity index (χ1) is 17.7. The summed E-state index contributed by atoms with van der Waals surface area (Å²) in [7, 11) is 0. The van der Waals surface area contributed by atoms with Crippen LogP contribution in [0.5, 0.6) is 0 Å². The summed E-state index contributed by atoms with van der Waals surface area (Å²) in [5.41, 5.74) is 3.02. The van der Waals surface area contributed by atoms with Gasteiger partial charge >= 0.3 is 0 Å². The van der Waals surface area contributed by atoms with Crippen molar-refractivity contribution >= 4 is 72.6 Å². The van der Waals surface area contributed by atoms with Gasteiger partial charge in [0.2, 0.25) is 0 Å². The fourth-order valence-corrected chi connectivity index (χ4v) is 10.6. The second-order valence-electron chi connectivity index (χ2n) is 9.09. The van der Waals surface area contributed by atoms with Gasteiger partial charge in [0.25, 0.3) is 0 Å². The third kappa shape index (κ3) is 6.16. The number of hydrogen-bond acceptors (Lipinski definition) is 5. The van der Waals surface area contributed by atoms with Crippen molar-refractivity contribution < 1.29 is 0 Å². The molecule has 0 N–H and O–H groups in total. The predicted molar refractivity (Wildman–Crippen MR) is 172 cm³/mol. The van der Waals surface area contributed by atoms with Gasteiger partial charge in [0.15, 0.2) is 0 Å². The maximum Gasteiger partial charge on any atom is 0.0708 e. The molecule has 0 saturated carbocycles. The van der Waals surface area contributed by atoms with E-state index in [1.54, 1.807) is 0 Å². The van der Waals surface area contributed by atoms with E-state index in [1.807, 2.05) is 56.7 Å². The molecule has 36 heavy (non-hydrogen) atoms. The molecule has 0 fully saturated rings. The van der Waals surface area contributed by atoms with E-state index in [0.717, 1.165) is 0 Å². The number of unbranched alkanes of at least 4 members (excludes halogenated alkanes) is 4. The Bertz CT molecular complexity index is 1390. The highest BCUT2D eigenvalue weighted by molar-refractivity contribution is 9.11. The van der Waals surface area contributed by atoms with E-state index < -0.39 is 0 Å². The molecule has 188 valence electrons. The highest BCUT2D eigenvalue weighted by Crippen LogP contribution is 2.46. The van der Waals surface area contributed by atoms with Crippen LogP contribution in [0.1, 0.15) is 63.5 Å². The smallest absolute Gasteiger partial charge is 0.0708 e. The van der Waals surface area contributed by atoms with Crippen molar-refractivity contribution in [3.05, 3.63) is 68.8 Å². The highest BCUT2D eigenvalue weighted by atomic mass is 79.9. The zero-order valence-corrected chi connectivity index (χ0v) is 26.4. The van der Waals surface area contributed by atoms with Crippen molar-refractivity contribution in [1.82, 2.24) is 0 Å². The Hall–Kier alpha value is -1.02. The van der Waals surface area contributed by atoms with E-state index in [2.05, 4.69) is 83.7 Å². The SMILES string of the molecule is CCCCCc1ccsc1-c1ccc(-c2ccc(-c3ccc(-c4sc(Br)cc4CCCCC)s3)s2)s1. The Kier molecular flexibility index (Phi) is 9.37. The van der Waals surface area contributed by atoms with Gasteiger partial charge in [-0.25, -0.2) is 0 Å². The second kappa shape index (κ2) is 12.7. The lowest BCUT2D eigenvalue weighted by Gasteiger charge is -2.01. The fourth-order valence-electron chi connectivity index (χ4n) is 4.46. The lowest BCUT2D eigenvalue weighted by Crippen LogP contribution is -1.84. The molecule has 0 saturated heterocycles. The first-order valence-corrected chi connectivity index (χ1v) is 17.8. The van der Waals surface area contributed by atoms with Gasteiger partial charge in [-0.2, -0.15) is 0 Å². The predicted octanol–water partition coefficient (Wildman–Crippen LogP) is 12.9. The quantitative estimate of drug-likeness (QED) is 0.120. The molecule has 0 radical (unpaired) electrons. The average Bonchev–Trinajstić information content (AvgIpc) is 3.69. The Morgan fingerprint density at radius 2 is 1.06 bits per heavy atom. The summed E-state index contributed by atoms with van der Waals surface area (Å²) >= 11 is 13.3. The summed E-state index contributed by atoms with van der Waals surface area (Å²) in [6, 6.07) is 18.5. The van der Waals surface area contributed by atoms with Crippen molar-refractivity contribution in [1.29, 1.82) is 0 Å². The van der Waals surface area contributed by atoms with Crippen LogP contribution in [0, 0.1) is 0 Å². The van der Waals surface area contributed by atoms with Crippen molar-refractivity contribution in [2.45, 2.75) is 65.2 Å². The Labute approximate surface area is 243 Å². The molecule has 0 atom stereocenters. The van der Waals surface area contributed by atoms with Crippen LogP contribution in [0.25, 0.3) is 39.0 Å². The topological polar surface area (TPSA) is 0 Å². The zero-order chi connectivity index (χ0) is 24.9. The van der Waals surface area contributed by atoms with E-state index >= 15 is 0 Å². The molecule has 0 aliphatic rings. The molecule has 0 aromatic carbocycles. The van der Waals surface area contributed by atoms with Crippen LogP contribution in [0.4, 0.5) is 0 Å². The molecule has 0 nitrogen and oxygen atoms in total. The van der Waals surface area contributed by atoms with Crippen molar-refractivity contribution in [3.63, 3.8) is 0 Å². The summed E-state index contributed by atoms with van der Waals surface area (Å²) in [6.45, 7) is 4.55. The fraction of sp³-hybridized carbons (Fsp3) is 0.333. The Morgan fingerprint density at radius 3 is 1.64 bits per heavy atom. The largest absolute Gasteiger partial charge is 0.143 e. The van der Waals surface area contributed by atoms with Crippen LogP contribution in [0.2, 0.25) is 0 Å². The molecule has 0 unspecified atom stereocenters. The molecular formula is C30H31BrS5. The molecule has 5 aromatic heterocycles. The lowest BCUT2D eigenvalue weighted by atomic mass is 10.1. The van der Waals surface area contributed by atoms with Gasteiger partial charge in [-0.15, -0.1) is 56.7 Å². The van der Waals surface area contributed by atoms with Crippen LogP contribution < -0.4 is 0 Å². The third-order valence-electron chi connectivity index (χ3n) is 6.38. The van der Waals surface area contributed by atoms with E-state index in [0.29, 0.717) is 0 Å². The Morgan fingerprint density at radius 1 is 0.556 bits per heavy atom. The number of thiophene rings is 5. The van der Waals surface area contributed by atoms with E-state index in [4.69, 9.17) is 0 Å². The van der Waals surface area contributed by atoms with Gasteiger partial charge in [0.05, 0.1) is 3.79 Å². The highest BCUT2D eigenvalue weighted by Gasteiger charge is 2.16. The van der Waals surface area contributed by atoms with Crippen LogP contribution in [-0.2, 0) is 12.8 Å². The van der Waals surface area contributed by atoms with E-state index in [-0.39, 0.29) is 0 Å². The summed E-state index contributed by atoms with van der Waals surface area (Å²) in [5, 5.41) is 2.26. The maximum absolute atomic E-state index is 3.73. The number of aryl methyl sites for hydroxylation is 2. The van der Waals surface area contributed by atoms with E-state index in [9.17, 15) is 0 Å². The summed E-state index contributed by atoms with van der Waals surface area (Å²) in [6.07, 6.45) is 10.1. The zero-order valence-electron chi connectivity index (χ0n) is 20.8. The van der Waals surface area contributed by atoms with Crippen molar-refractivity contribution in [3.8, 4) is 39.0 Å². The van der Waals surface area contributed by atoms with Crippen LogP contribution >= 0.6 is 72.6 Å². The number of hydrogen-bond donors (Lipinski definition) is 0. The summed E-state index contributed by atoms with van der Waals surface area (Å²) < 4.78 is 1.24. The summed E-state index contributed by atoms with van der Waals surface area (Å²) in [4.78, 5) is 11.2. The van der Waals surface area contributed by atoms with Gasteiger partial charge in [-0.1, -0.05) is 39.5 Å².